The summed E-state index contributed by atoms with van der Waals surface area (Å²) in [7, 11) is 0. The van der Waals surface area contributed by atoms with Gasteiger partial charge in [-0.1, -0.05) is 18.2 Å². The zero-order chi connectivity index (χ0) is 13.5. The summed E-state index contributed by atoms with van der Waals surface area (Å²) < 4.78 is 5.85. The highest BCUT2D eigenvalue weighted by molar-refractivity contribution is 5.31. The molecule has 0 aliphatic carbocycles. The molecule has 2 N–H and O–H groups in total. The molecule has 1 aliphatic heterocycles. The predicted octanol–water partition coefficient (Wildman–Crippen LogP) is 2.43. The number of benzene rings is 1. The van der Waals surface area contributed by atoms with Gasteiger partial charge < -0.3 is 10.5 Å². The zero-order valence-corrected chi connectivity index (χ0v) is 12.0. The molecule has 19 heavy (non-hydrogen) atoms. The van der Waals surface area contributed by atoms with Gasteiger partial charge in [0, 0.05) is 6.54 Å². The first kappa shape index (κ1) is 14.4. The minimum absolute atomic E-state index is 0.784. The maximum Gasteiger partial charge on any atom is 0.122 e. The van der Waals surface area contributed by atoms with Gasteiger partial charge in [-0.3, -0.25) is 4.90 Å². The fourth-order valence-electron chi connectivity index (χ4n) is 2.74. The van der Waals surface area contributed by atoms with Crippen molar-refractivity contribution in [1.29, 1.82) is 0 Å². The molecule has 1 heterocycles. The van der Waals surface area contributed by atoms with Crippen molar-refractivity contribution in [2.75, 3.05) is 32.8 Å². The largest absolute Gasteiger partial charge is 0.492 e. The van der Waals surface area contributed by atoms with Gasteiger partial charge in [0.2, 0.25) is 0 Å². The molecule has 3 nitrogen and oxygen atoms in total. The Morgan fingerprint density at radius 3 is 2.68 bits per heavy atom. The molecule has 0 atom stereocenters. The molecule has 1 aromatic rings. The van der Waals surface area contributed by atoms with Crippen molar-refractivity contribution in [1.82, 2.24) is 4.90 Å². The van der Waals surface area contributed by atoms with E-state index in [1.54, 1.807) is 0 Å². The van der Waals surface area contributed by atoms with Crippen LogP contribution in [0.3, 0.4) is 0 Å². The second-order valence-corrected chi connectivity index (χ2v) is 5.48. The normalized spacial score (nSPS) is 17.6. The lowest BCUT2D eigenvalue weighted by Gasteiger charge is -2.31. The number of hydrogen-bond acceptors (Lipinski definition) is 3. The second-order valence-electron chi connectivity index (χ2n) is 5.48. The number of aryl methyl sites for hydroxylation is 1. The van der Waals surface area contributed by atoms with Gasteiger partial charge in [0.25, 0.3) is 0 Å². The van der Waals surface area contributed by atoms with Crippen LogP contribution in [0.2, 0.25) is 0 Å². The van der Waals surface area contributed by atoms with E-state index in [1.807, 2.05) is 18.2 Å². The maximum atomic E-state index is 5.85. The van der Waals surface area contributed by atoms with Crippen molar-refractivity contribution in [3.8, 4) is 5.75 Å². The first-order chi connectivity index (χ1) is 9.29. The van der Waals surface area contributed by atoms with Crippen LogP contribution < -0.4 is 10.5 Å². The number of nitrogens with two attached hydrogens (primary N) is 1. The summed E-state index contributed by atoms with van der Waals surface area (Å²) in [6, 6.07) is 8.21. The highest BCUT2D eigenvalue weighted by Crippen LogP contribution is 2.20. The van der Waals surface area contributed by atoms with Gasteiger partial charge >= 0.3 is 0 Å². The SMILES string of the molecule is Cc1ccccc1OCCN1CCC(CCN)CC1. The molecule has 0 amide bonds. The number of piperidine rings is 1. The Bertz CT molecular complexity index is 373. The fraction of sp³-hybridized carbons (Fsp3) is 0.625. The van der Waals surface area contributed by atoms with E-state index in [9.17, 15) is 0 Å². The molecule has 0 saturated carbocycles. The van der Waals surface area contributed by atoms with E-state index in [1.165, 1.54) is 37.9 Å². The van der Waals surface area contributed by atoms with Gasteiger partial charge in [-0.2, -0.15) is 0 Å². The summed E-state index contributed by atoms with van der Waals surface area (Å²) in [5.74, 6) is 1.86. The Morgan fingerprint density at radius 2 is 2.00 bits per heavy atom. The predicted molar refractivity (Wildman–Crippen MR) is 79.5 cm³/mol. The molecule has 0 radical (unpaired) electrons. The summed E-state index contributed by atoms with van der Waals surface area (Å²) in [6.07, 6.45) is 3.77. The van der Waals surface area contributed by atoms with Gasteiger partial charge in [-0.15, -0.1) is 0 Å². The maximum absolute atomic E-state index is 5.85. The highest BCUT2D eigenvalue weighted by atomic mass is 16.5. The lowest BCUT2D eigenvalue weighted by atomic mass is 9.94. The molecular weight excluding hydrogens is 236 g/mol. The lowest BCUT2D eigenvalue weighted by molar-refractivity contribution is 0.152. The zero-order valence-electron chi connectivity index (χ0n) is 12.0. The molecule has 0 unspecified atom stereocenters. The van der Waals surface area contributed by atoms with Crippen LogP contribution in [0.25, 0.3) is 0 Å². The summed E-state index contributed by atoms with van der Waals surface area (Å²) >= 11 is 0. The average Bonchev–Trinajstić information content (AvgIpc) is 2.43. The van der Waals surface area contributed by atoms with E-state index in [2.05, 4.69) is 17.9 Å². The number of ether oxygens (including phenoxy) is 1. The van der Waals surface area contributed by atoms with E-state index < -0.39 is 0 Å². The smallest absolute Gasteiger partial charge is 0.122 e. The number of likely N-dealkylation sites (tertiary alicyclic amines) is 1. The topological polar surface area (TPSA) is 38.5 Å². The van der Waals surface area contributed by atoms with Crippen LogP contribution in [0, 0.1) is 12.8 Å². The fourth-order valence-corrected chi connectivity index (χ4v) is 2.74. The van der Waals surface area contributed by atoms with E-state index in [-0.39, 0.29) is 0 Å². The number of nitrogens with zero attached hydrogens (tertiary/aromatic N) is 1. The Balaban J connectivity index is 1.66. The molecule has 106 valence electrons. The van der Waals surface area contributed by atoms with Crippen molar-refractivity contribution >= 4 is 0 Å². The summed E-state index contributed by atoms with van der Waals surface area (Å²) in [6.45, 7) is 7.13. The molecule has 1 fully saturated rings. The van der Waals surface area contributed by atoms with Gasteiger partial charge in [-0.25, -0.2) is 0 Å². The molecule has 0 bridgehead atoms. The Morgan fingerprint density at radius 1 is 1.26 bits per heavy atom. The minimum Gasteiger partial charge on any atom is -0.492 e. The third-order valence-corrected chi connectivity index (χ3v) is 4.04. The second kappa shape index (κ2) is 7.51. The lowest BCUT2D eigenvalue weighted by Crippen LogP contribution is -2.36. The average molecular weight is 262 g/mol. The van der Waals surface area contributed by atoms with Gasteiger partial charge in [0.15, 0.2) is 0 Å². The summed E-state index contributed by atoms with van der Waals surface area (Å²) in [5, 5.41) is 0. The van der Waals surface area contributed by atoms with Crippen molar-refractivity contribution in [3.63, 3.8) is 0 Å². The third kappa shape index (κ3) is 4.51. The Hall–Kier alpha value is -1.06. The van der Waals surface area contributed by atoms with E-state index in [4.69, 9.17) is 10.5 Å². The van der Waals surface area contributed by atoms with Crippen molar-refractivity contribution < 1.29 is 4.74 Å². The summed E-state index contributed by atoms with van der Waals surface area (Å²) in [4.78, 5) is 2.51. The molecule has 0 aromatic heterocycles. The minimum atomic E-state index is 0.784. The van der Waals surface area contributed by atoms with Gasteiger partial charge in [0.05, 0.1) is 0 Å². The van der Waals surface area contributed by atoms with Crippen LogP contribution in [-0.4, -0.2) is 37.7 Å². The molecule has 1 saturated heterocycles. The van der Waals surface area contributed by atoms with Gasteiger partial charge in [0.1, 0.15) is 12.4 Å². The highest BCUT2D eigenvalue weighted by Gasteiger charge is 2.18. The van der Waals surface area contributed by atoms with Crippen LogP contribution in [0.1, 0.15) is 24.8 Å². The Labute approximate surface area is 116 Å². The van der Waals surface area contributed by atoms with Crippen LogP contribution in [0.15, 0.2) is 24.3 Å². The molecule has 0 spiro atoms. The Kier molecular flexibility index (Phi) is 5.67. The van der Waals surface area contributed by atoms with Crippen molar-refractivity contribution in [2.24, 2.45) is 11.7 Å². The van der Waals surface area contributed by atoms with Crippen LogP contribution in [0.5, 0.6) is 5.75 Å². The standard InChI is InChI=1S/C16H26N2O/c1-14-4-2-3-5-16(14)19-13-12-18-10-7-15(6-9-17)8-11-18/h2-5,15H,6-13,17H2,1H3. The molecule has 1 aromatic carbocycles. The monoisotopic (exact) mass is 262 g/mol. The number of para-hydroxylation sites is 1. The van der Waals surface area contributed by atoms with E-state index >= 15 is 0 Å². The number of rotatable bonds is 6. The van der Waals surface area contributed by atoms with Crippen LogP contribution in [-0.2, 0) is 0 Å². The van der Waals surface area contributed by atoms with Crippen molar-refractivity contribution in [2.45, 2.75) is 26.2 Å². The quantitative estimate of drug-likeness (QED) is 0.855. The van der Waals surface area contributed by atoms with Crippen LogP contribution in [0.4, 0.5) is 0 Å². The van der Waals surface area contributed by atoms with Gasteiger partial charge in [-0.05, 0) is 63.4 Å². The first-order valence-electron chi connectivity index (χ1n) is 7.40. The molecule has 3 heteroatoms. The van der Waals surface area contributed by atoms with Crippen molar-refractivity contribution in [3.05, 3.63) is 29.8 Å². The molecule has 2 rings (SSSR count). The molecular formula is C16H26N2O. The molecule has 1 aliphatic rings. The summed E-state index contributed by atoms with van der Waals surface area (Å²) in [5.41, 5.74) is 6.83. The third-order valence-electron chi connectivity index (χ3n) is 4.04. The van der Waals surface area contributed by atoms with E-state index in [0.717, 1.165) is 31.4 Å². The first-order valence-corrected chi connectivity index (χ1v) is 7.40. The number of hydrogen-bond donors (Lipinski definition) is 1. The van der Waals surface area contributed by atoms with Crippen LogP contribution >= 0.6 is 0 Å². The van der Waals surface area contributed by atoms with E-state index in [0.29, 0.717) is 0 Å².